The lowest BCUT2D eigenvalue weighted by Gasteiger charge is -2.22. The second-order valence-electron chi connectivity index (χ2n) is 6.45. The molecule has 0 aliphatic carbocycles. The Kier molecular flexibility index (Phi) is 11.3. The van der Waals surface area contributed by atoms with Crippen LogP contribution in [0.15, 0.2) is 29.3 Å². The molecule has 0 spiro atoms. The highest BCUT2D eigenvalue weighted by molar-refractivity contribution is 14.0. The third-order valence-corrected chi connectivity index (χ3v) is 4.28. The second kappa shape index (κ2) is 12.9. The summed E-state index contributed by atoms with van der Waals surface area (Å²) in [7, 11) is 3.49. The maximum absolute atomic E-state index is 11.2. The molecule has 2 N–H and O–H groups in total. The summed E-state index contributed by atoms with van der Waals surface area (Å²) in [5.74, 6) is 1.35. The monoisotopic (exact) mass is 490 g/mol. The number of hydrogen-bond donors (Lipinski definition) is 2. The SMILES string of the molecule is CN=C(NCc1cccc(NC(C)=O)c1)N1CCC(COCCOC)C1.I. The van der Waals surface area contributed by atoms with Gasteiger partial charge in [-0.3, -0.25) is 9.79 Å². The van der Waals surface area contributed by atoms with Gasteiger partial charge in [0, 0.05) is 52.3 Å². The standard InChI is InChI=1S/C19H30N4O3.HI/c1-15(24)22-18-6-4-5-16(11-18)12-21-19(20-2)23-8-7-17(13-23)14-26-10-9-25-3;/h4-6,11,17H,7-10,12-14H2,1-3H3,(H,20,21)(H,22,24);1H. The molecule has 8 heteroatoms. The lowest BCUT2D eigenvalue weighted by atomic mass is 10.1. The number of nitrogens with one attached hydrogen (secondary N) is 2. The highest BCUT2D eigenvalue weighted by Gasteiger charge is 2.24. The van der Waals surface area contributed by atoms with Gasteiger partial charge < -0.3 is 25.0 Å². The zero-order chi connectivity index (χ0) is 18.8. The number of guanidine groups is 1. The number of carbonyl (C=O) groups is 1. The van der Waals surface area contributed by atoms with Crippen molar-refractivity contribution in [2.24, 2.45) is 10.9 Å². The summed E-state index contributed by atoms with van der Waals surface area (Å²) in [6.07, 6.45) is 1.10. The summed E-state index contributed by atoms with van der Waals surface area (Å²) in [5.41, 5.74) is 1.90. The minimum atomic E-state index is -0.0678. The molecule has 0 bridgehead atoms. The summed E-state index contributed by atoms with van der Waals surface area (Å²) in [4.78, 5) is 17.9. The molecule has 1 saturated heterocycles. The zero-order valence-corrected chi connectivity index (χ0v) is 18.7. The van der Waals surface area contributed by atoms with E-state index in [9.17, 15) is 4.79 Å². The van der Waals surface area contributed by atoms with Crippen molar-refractivity contribution < 1.29 is 14.3 Å². The summed E-state index contributed by atoms with van der Waals surface area (Å²) in [6.45, 7) is 6.13. The Hall–Kier alpha value is -1.39. The summed E-state index contributed by atoms with van der Waals surface area (Å²) in [5, 5.41) is 6.21. The number of benzene rings is 1. The minimum absolute atomic E-state index is 0. The van der Waals surface area contributed by atoms with E-state index in [4.69, 9.17) is 9.47 Å². The first-order valence-electron chi connectivity index (χ1n) is 9.01. The lowest BCUT2D eigenvalue weighted by Crippen LogP contribution is -2.39. The van der Waals surface area contributed by atoms with Gasteiger partial charge in [-0.25, -0.2) is 0 Å². The maximum Gasteiger partial charge on any atom is 0.221 e. The number of ether oxygens (including phenoxy) is 2. The minimum Gasteiger partial charge on any atom is -0.382 e. The first-order chi connectivity index (χ1) is 12.6. The van der Waals surface area contributed by atoms with E-state index < -0.39 is 0 Å². The fourth-order valence-electron chi connectivity index (χ4n) is 3.03. The normalized spacial score (nSPS) is 16.8. The van der Waals surface area contributed by atoms with Gasteiger partial charge in [-0.2, -0.15) is 0 Å². The van der Waals surface area contributed by atoms with Gasteiger partial charge in [0.1, 0.15) is 0 Å². The number of methoxy groups -OCH3 is 1. The van der Waals surface area contributed by atoms with Crippen molar-refractivity contribution in [1.29, 1.82) is 0 Å². The smallest absolute Gasteiger partial charge is 0.221 e. The number of nitrogens with zero attached hydrogens (tertiary/aromatic N) is 2. The van der Waals surface area contributed by atoms with E-state index in [2.05, 4.69) is 20.5 Å². The molecule has 2 rings (SSSR count). The van der Waals surface area contributed by atoms with Gasteiger partial charge >= 0.3 is 0 Å². The van der Waals surface area contributed by atoms with E-state index in [0.717, 1.165) is 43.3 Å². The molecule has 1 unspecified atom stereocenters. The van der Waals surface area contributed by atoms with Crippen molar-refractivity contribution in [3.63, 3.8) is 0 Å². The zero-order valence-electron chi connectivity index (χ0n) is 16.4. The summed E-state index contributed by atoms with van der Waals surface area (Å²) >= 11 is 0. The number of anilines is 1. The highest BCUT2D eigenvalue weighted by Crippen LogP contribution is 2.17. The number of aliphatic imine (C=N–C) groups is 1. The van der Waals surface area contributed by atoms with E-state index in [0.29, 0.717) is 25.7 Å². The highest BCUT2D eigenvalue weighted by atomic mass is 127. The molecule has 27 heavy (non-hydrogen) atoms. The average molecular weight is 490 g/mol. The van der Waals surface area contributed by atoms with E-state index in [1.165, 1.54) is 6.92 Å². The van der Waals surface area contributed by atoms with Crippen molar-refractivity contribution in [3.8, 4) is 0 Å². The summed E-state index contributed by atoms with van der Waals surface area (Å²) < 4.78 is 10.6. The molecule has 0 aromatic heterocycles. The van der Waals surface area contributed by atoms with Crippen LogP contribution in [0.1, 0.15) is 18.9 Å². The van der Waals surface area contributed by atoms with Crippen LogP contribution in [-0.2, 0) is 20.8 Å². The molecule has 0 saturated carbocycles. The van der Waals surface area contributed by atoms with Crippen molar-refractivity contribution in [2.45, 2.75) is 19.9 Å². The van der Waals surface area contributed by atoms with Gasteiger partial charge in [0.2, 0.25) is 5.91 Å². The average Bonchev–Trinajstić information content (AvgIpc) is 3.08. The Labute approximate surface area is 178 Å². The molecule has 0 radical (unpaired) electrons. The predicted octanol–water partition coefficient (Wildman–Crippen LogP) is 2.32. The number of hydrogen-bond acceptors (Lipinski definition) is 4. The molecule has 1 heterocycles. The van der Waals surface area contributed by atoms with E-state index in [1.54, 1.807) is 14.2 Å². The molecule has 1 aliphatic rings. The third-order valence-electron chi connectivity index (χ3n) is 4.28. The fourth-order valence-corrected chi connectivity index (χ4v) is 3.03. The second-order valence-corrected chi connectivity index (χ2v) is 6.45. The van der Waals surface area contributed by atoms with Gasteiger partial charge in [0.15, 0.2) is 5.96 Å². The van der Waals surface area contributed by atoms with Crippen LogP contribution in [0.5, 0.6) is 0 Å². The Morgan fingerprint density at radius 3 is 2.89 bits per heavy atom. The quantitative estimate of drug-likeness (QED) is 0.253. The van der Waals surface area contributed by atoms with E-state index in [-0.39, 0.29) is 29.9 Å². The van der Waals surface area contributed by atoms with Crippen molar-refractivity contribution in [3.05, 3.63) is 29.8 Å². The van der Waals surface area contributed by atoms with E-state index in [1.807, 2.05) is 24.3 Å². The number of likely N-dealkylation sites (tertiary alicyclic amines) is 1. The first kappa shape index (κ1) is 23.6. The summed E-state index contributed by atoms with van der Waals surface area (Å²) in [6, 6.07) is 7.82. The van der Waals surface area contributed by atoms with Crippen LogP contribution in [-0.4, -0.2) is 63.8 Å². The van der Waals surface area contributed by atoms with Crippen molar-refractivity contribution >= 4 is 41.5 Å². The van der Waals surface area contributed by atoms with Crippen LogP contribution in [0.2, 0.25) is 0 Å². The Balaban J connectivity index is 0.00000364. The number of rotatable bonds is 8. The van der Waals surface area contributed by atoms with Gasteiger partial charge in [-0.1, -0.05) is 12.1 Å². The first-order valence-corrected chi connectivity index (χ1v) is 9.01. The molecule has 152 valence electrons. The Morgan fingerprint density at radius 2 is 2.19 bits per heavy atom. The maximum atomic E-state index is 11.2. The Bertz CT molecular complexity index is 612. The van der Waals surface area contributed by atoms with Crippen molar-refractivity contribution in [1.82, 2.24) is 10.2 Å². The molecule has 1 fully saturated rings. The largest absolute Gasteiger partial charge is 0.382 e. The molecular weight excluding hydrogens is 459 g/mol. The predicted molar refractivity (Wildman–Crippen MR) is 119 cm³/mol. The number of halogens is 1. The van der Waals surface area contributed by atoms with Crippen LogP contribution >= 0.6 is 24.0 Å². The fraction of sp³-hybridized carbons (Fsp3) is 0.579. The van der Waals surface area contributed by atoms with Crippen LogP contribution in [0.3, 0.4) is 0 Å². The lowest BCUT2D eigenvalue weighted by molar-refractivity contribution is -0.114. The topological polar surface area (TPSA) is 75.2 Å². The van der Waals surface area contributed by atoms with E-state index >= 15 is 0 Å². The molecular formula is C19H31IN4O3. The molecule has 1 aromatic rings. The molecule has 1 aromatic carbocycles. The molecule has 1 amide bonds. The van der Waals surface area contributed by atoms with Gasteiger partial charge in [-0.15, -0.1) is 24.0 Å². The van der Waals surface area contributed by atoms with Crippen LogP contribution < -0.4 is 10.6 Å². The van der Waals surface area contributed by atoms with Crippen LogP contribution in [0, 0.1) is 5.92 Å². The van der Waals surface area contributed by atoms with Gasteiger partial charge in [-0.05, 0) is 24.1 Å². The third kappa shape index (κ3) is 8.44. The molecule has 1 atom stereocenters. The van der Waals surface area contributed by atoms with Crippen LogP contribution in [0.25, 0.3) is 0 Å². The molecule has 1 aliphatic heterocycles. The molecule has 7 nitrogen and oxygen atoms in total. The number of amides is 1. The van der Waals surface area contributed by atoms with Gasteiger partial charge in [0.05, 0.1) is 19.8 Å². The Morgan fingerprint density at radius 1 is 1.37 bits per heavy atom. The van der Waals surface area contributed by atoms with Crippen molar-refractivity contribution in [2.75, 3.05) is 52.4 Å². The number of carbonyl (C=O) groups excluding carboxylic acids is 1. The van der Waals surface area contributed by atoms with Crippen LogP contribution in [0.4, 0.5) is 5.69 Å². The van der Waals surface area contributed by atoms with Gasteiger partial charge in [0.25, 0.3) is 0 Å².